The number of rotatable bonds is 9. The summed E-state index contributed by atoms with van der Waals surface area (Å²) in [5, 5.41) is 12.1. The van der Waals surface area contributed by atoms with Gasteiger partial charge in [0.25, 0.3) is 11.8 Å². The summed E-state index contributed by atoms with van der Waals surface area (Å²) in [5.74, 6) is -0.107. The molecule has 3 aromatic rings. The zero-order valence-corrected chi connectivity index (χ0v) is 23.3. The van der Waals surface area contributed by atoms with Gasteiger partial charge in [0.1, 0.15) is 18.2 Å². The van der Waals surface area contributed by atoms with Gasteiger partial charge in [0.05, 0.1) is 11.3 Å². The molecule has 222 valence electrons. The Bertz CT molecular complexity index is 1470. The number of H-pyrrole nitrogens is 1. The van der Waals surface area contributed by atoms with Crippen LogP contribution in [0.1, 0.15) is 46.7 Å². The molecule has 1 spiro atoms. The first kappa shape index (κ1) is 30.5. The van der Waals surface area contributed by atoms with Crippen LogP contribution in [0.5, 0.6) is 5.75 Å². The number of nitrogens with one attached hydrogen (secondary N) is 5. The molecule has 1 saturated heterocycles. The van der Waals surface area contributed by atoms with Crippen LogP contribution in [0, 0.1) is 0 Å². The first-order valence-corrected chi connectivity index (χ1v) is 13.6. The number of hydrogen-bond acceptors (Lipinski definition) is 7. The van der Waals surface area contributed by atoms with E-state index in [1.54, 1.807) is 30.5 Å². The number of hydrogen-bond donors (Lipinski definition) is 5. The minimum Gasteiger partial charge on any atom is -0.490 e. The van der Waals surface area contributed by atoms with Crippen molar-refractivity contribution in [2.24, 2.45) is 0 Å². The molecule has 5 N–H and O–H groups in total. The zero-order chi connectivity index (χ0) is 29.0. The lowest BCUT2D eigenvalue weighted by Crippen LogP contribution is -2.54. The Labute approximate surface area is 246 Å². The molecule has 4 heterocycles. The van der Waals surface area contributed by atoms with Gasteiger partial charge in [0.15, 0.2) is 0 Å². The number of aromatic nitrogens is 2. The highest BCUT2D eigenvalue weighted by Crippen LogP contribution is 2.37. The Morgan fingerprint density at radius 3 is 2.74 bits per heavy atom. The first-order chi connectivity index (χ1) is 19.8. The monoisotopic (exact) mass is 573 g/mol. The summed E-state index contributed by atoms with van der Waals surface area (Å²) in [4.78, 5) is 47.7. The van der Waals surface area contributed by atoms with Crippen molar-refractivity contribution in [3.8, 4) is 17.0 Å². The molecule has 42 heavy (non-hydrogen) atoms. The van der Waals surface area contributed by atoms with E-state index in [0.29, 0.717) is 48.1 Å². The van der Waals surface area contributed by atoms with E-state index in [1.807, 2.05) is 31.1 Å². The molecule has 0 aliphatic carbocycles. The van der Waals surface area contributed by atoms with Crippen molar-refractivity contribution in [2.75, 3.05) is 57.5 Å². The van der Waals surface area contributed by atoms with Crippen molar-refractivity contribution in [1.29, 1.82) is 0 Å². The van der Waals surface area contributed by atoms with Crippen LogP contribution in [0.3, 0.4) is 0 Å². The zero-order valence-electron chi connectivity index (χ0n) is 23.3. The maximum absolute atomic E-state index is 13.2. The quantitative estimate of drug-likeness (QED) is 0.247. The van der Waals surface area contributed by atoms with Crippen LogP contribution in [0.4, 0.5) is 11.5 Å². The minimum atomic E-state index is -0.414. The van der Waals surface area contributed by atoms with Gasteiger partial charge in [-0.15, -0.1) is 0 Å². The van der Waals surface area contributed by atoms with Gasteiger partial charge in [-0.2, -0.15) is 0 Å². The Hall–Kier alpha value is -4.48. The number of anilines is 2. The lowest BCUT2D eigenvalue weighted by Gasteiger charge is -2.40. The summed E-state index contributed by atoms with van der Waals surface area (Å²) in [5.41, 5.74) is 3.70. The summed E-state index contributed by atoms with van der Waals surface area (Å²) >= 11 is 0. The summed E-state index contributed by atoms with van der Waals surface area (Å²) in [6.07, 6.45) is 4.79. The molecule has 2 aliphatic rings. The standard InChI is InChI=1S/C30H35N7O4.CH4/c1-4-26(38)34-23-14-20(6-7-24(23)41-13-12-37(2)3)28(39)36-25-15-19(8-11-32-25)22-16-21-27(35-22)30(18-33-29(21)40)9-5-10-31-17-30;/h4,6-8,11,14-16,31,35H,1,5,9-10,12-13,17-18H2,2-3H3,(H,33,40)(H,34,38)(H,32,36,39);1H4. The third-order valence-corrected chi connectivity index (χ3v) is 7.45. The van der Waals surface area contributed by atoms with Crippen molar-refractivity contribution in [3.05, 3.63) is 72.1 Å². The fourth-order valence-corrected chi connectivity index (χ4v) is 5.24. The van der Waals surface area contributed by atoms with Crippen LogP contribution in [0.15, 0.2) is 55.3 Å². The molecule has 1 fully saturated rings. The number of benzene rings is 1. The molecule has 3 amide bonds. The van der Waals surface area contributed by atoms with Crippen molar-refractivity contribution >= 4 is 29.2 Å². The minimum absolute atomic E-state index is 0. The Balaban J connectivity index is 0.00000405. The van der Waals surface area contributed by atoms with Gasteiger partial charge < -0.3 is 35.9 Å². The van der Waals surface area contributed by atoms with Crippen LogP contribution >= 0.6 is 0 Å². The average molecular weight is 574 g/mol. The lowest BCUT2D eigenvalue weighted by atomic mass is 9.74. The Morgan fingerprint density at radius 2 is 2.00 bits per heavy atom. The number of likely N-dealkylation sites (N-methyl/N-ethyl adjacent to an activating group) is 1. The second kappa shape index (κ2) is 13.0. The predicted molar refractivity (Wildman–Crippen MR) is 164 cm³/mol. The van der Waals surface area contributed by atoms with E-state index in [0.717, 1.165) is 49.0 Å². The molecule has 11 heteroatoms. The summed E-state index contributed by atoms with van der Waals surface area (Å²) < 4.78 is 5.82. The SMILES string of the molecule is C.C=CC(=O)Nc1cc(C(=O)Nc2cc(-c3cc4c([nH]3)C3(CCCNC3)CNC4=O)ccn2)ccc1OCCN(C)C. The number of amides is 3. The number of nitrogens with zero attached hydrogens (tertiary/aromatic N) is 2. The summed E-state index contributed by atoms with van der Waals surface area (Å²) in [7, 11) is 3.87. The fraction of sp³-hybridized carbons (Fsp3) is 0.355. The van der Waals surface area contributed by atoms with Gasteiger partial charge in [0, 0.05) is 53.8 Å². The average Bonchev–Trinajstić information content (AvgIpc) is 3.44. The third kappa shape index (κ3) is 6.53. The number of fused-ring (bicyclic) bond motifs is 2. The second-order valence-electron chi connectivity index (χ2n) is 10.7. The van der Waals surface area contributed by atoms with E-state index in [-0.39, 0.29) is 18.7 Å². The summed E-state index contributed by atoms with van der Waals surface area (Å²) in [6.45, 7) is 6.96. The highest BCUT2D eigenvalue weighted by atomic mass is 16.5. The van der Waals surface area contributed by atoms with Crippen LogP contribution in [0.25, 0.3) is 11.3 Å². The van der Waals surface area contributed by atoms with Crippen LogP contribution < -0.4 is 26.0 Å². The molecular formula is C31H39N7O4. The van der Waals surface area contributed by atoms with E-state index in [1.165, 1.54) is 0 Å². The number of pyridine rings is 1. The van der Waals surface area contributed by atoms with Crippen molar-refractivity contribution in [3.63, 3.8) is 0 Å². The number of carbonyl (C=O) groups is 3. The fourth-order valence-electron chi connectivity index (χ4n) is 5.24. The smallest absolute Gasteiger partial charge is 0.256 e. The Kier molecular flexibility index (Phi) is 9.44. The first-order valence-electron chi connectivity index (χ1n) is 13.6. The van der Waals surface area contributed by atoms with Crippen molar-refractivity contribution in [1.82, 2.24) is 25.5 Å². The normalized spacial score (nSPS) is 17.5. The molecule has 11 nitrogen and oxygen atoms in total. The van der Waals surface area contributed by atoms with Gasteiger partial charge in [-0.05, 0) is 76.0 Å². The molecule has 5 rings (SSSR count). The van der Waals surface area contributed by atoms with E-state index in [2.05, 4.69) is 37.8 Å². The highest BCUT2D eigenvalue weighted by Gasteiger charge is 2.42. The summed E-state index contributed by atoms with van der Waals surface area (Å²) in [6, 6.07) is 10.3. The van der Waals surface area contributed by atoms with E-state index in [4.69, 9.17) is 4.74 Å². The van der Waals surface area contributed by atoms with Gasteiger partial charge in [0.2, 0.25) is 5.91 Å². The number of ether oxygens (including phenoxy) is 1. The largest absolute Gasteiger partial charge is 0.490 e. The van der Waals surface area contributed by atoms with E-state index < -0.39 is 11.8 Å². The maximum Gasteiger partial charge on any atom is 0.256 e. The Morgan fingerprint density at radius 1 is 1.17 bits per heavy atom. The predicted octanol–water partition coefficient (Wildman–Crippen LogP) is 3.39. The van der Waals surface area contributed by atoms with Crippen molar-refractivity contribution in [2.45, 2.75) is 25.7 Å². The molecule has 0 radical (unpaired) electrons. The number of aromatic amines is 1. The molecule has 0 saturated carbocycles. The van der Waals surface area contributed by atoms with Gasteiger partial charge in [-0.1, -0.05) is 14.0 Å². The van der Waals surface area contributed by atoms with Gasteiger partial charge >= 0.3 is 0 Å². The van der Waals surface area contributed by atoms with E-state index in [9.17, 15) is 14.4 Å². The van der Waals surface area contributed by atoms with Crippen molar-refractivity contribution < 1.29 is 19.1 Å². The third-order valence-electron chi connectivity index (χ3n) is 7.45. The molecule has 1 aromatic carbocycles. The van der Waals surface area contributed by atoms with Gasteiger partial charge in [-0.25, -0.2) is 4.98 Å². The molecular weight excluding hydrogens is 534 g/mol. The number of piperidine rings is 1. The molecule has 1 unspecified atom stereocenters. The molecule has 2 aromatic heterocycles. The van der Waals surface area contributed by atoms with E-state index >= 15 is 0 Å². The highest BCUT2D eigenvalue weighted by molar-refractivity contribution is 6.06. The topological polar surface area (TPSA) is 140 Å². The van der Waals surface area contributed by atoms with Crippen LogP contribution in [-0.2, 0) is 10.2 Å². The van der Waals surface area contributed by atoms with Crippen LogP contribution in [0.2, 0.25) is 0 Å². The molecule has 2 aliphatic heterocycles. The maximum atomic E-state index is 13.2. The second-order valence-corrected chi connectivity index (χ2v) is 10.7. The number of carbonyl (C=O) groups excluding carboxylic acids is 3. The molecule has 0 bridgehead atoms. The molecule has 1 atom stereocenters. The van der Waals surface area contributed by atoms with Gasteiger partial charge in [-0.3, -0.25) is 14.4 Å². The lowest BCUT2D eigenvalue weighted by molar-refractivity contribution is -0.111. The van der Waals surface area contributed by atoms with Crippen LogP contribution in [-0.4, -0.2) is 79.5 Å².